The molecule has 1 aromatic carbocycles. The van der Waals surface area contributed by atoms with Gasteiger partial charge in [-0.1, -0.05) is 16.6 Å². The van der Waals surface area contributed by atoms with Crippen LogP contribution in [0, 0.1) is 13.8 Å². The highest BCUT2D eigenvalue weighted by molar-refractivity contribution is 7.05. The van der Waals surface area contributed by atoms with Crippen LogP contribution in [0.1, 0.15) is 36.8 Å². The number of benzene rings is 1. The molecule has 0 saturated carbocycles. The Labute approximate surface area is 119 Å². The first-order valence-electron chi connectivity index (χ1n) is 6.51. The lowest BCUT2D eigenvalue weighted by atomic mass is 10.0. The molecule has 0 aliphatic heterocycles. The van der Waals surface area contributed by atoms with Crippen molar-refractivity contribution >= 4 is 11.5 Å². The van der Waals surface area contributed by atoms with Gasteiger partial charge in [-0.25, -0.2) is 0 Å². The summed E-state index contributed by atoms with van der Waals surface area (Å²) in [6.45, 7) is 11.6. The third-order valence-electron chi connectivity index (χ3n) is 3.12. The van der Waals surface area contributed by atoms with Gasteiger partial charge in [0, 0.05) is 17.6 Å². The second kappa shape index (κ2) is 5.39. The number of nitrogens with zero attached hydrogens (tertiary/aromatic N) is 2. The summed E-state index contributed by atoms with van der Waals surface area (Å²) in [5.41, 5.74) is 4.86. The van der Waals surface area contributed by atoms with E-state index in [0.29, 0.717) is 0 Å². The maximum absolute atomic E-state index is 4.29. The molecule has 0 atom stereocenters. The van der Waals surface area contributed by atoms with Gasteiger partial charge in [-0.3, -0.25) is 0 Å². The summed E-state index contributed by atoms with van der Waals surface area (Å²) in [6.07, 6.45) is 0. The van der Waals surface area contributed by atoms with Crippen LogP contribution < -0.4 is 5.32 Å². The van der Waals surface area contributed by atoms with Gasteiger partial charge in [-0.05, 0) is 63.3 Å². The molecule has 0 radical (unpaired) electrons. The zero-order chi connectivity index (χ0) is 14.0. The molecule has 2 aromatic rings. The minimum Gasteiger partial charge on any atom is -0.307 e. The molecule has 2 rings (SSSR count). The predicted octanol–water partition coefficient (Wildman–Crippen LogP) is 3.71. The Morgan fingerprint density at radius 1 is 1.16 bits per heavy atom. The summed E-state index contributed by atoms with van der Waals surface area (Å²) in [5, 5.41) is 7.78. The SMILES string of the molecule is Cc1ccc(-c2nnsc2CNC(C)(C)C)cc1C. The molecule has 0 amide bonds. The molecule has 3 nitrogen and oxygen atoms in total. The lowest BCUT2D eigenvalue weighted by Gasteiger charge is -2.20. The molecule has 1 heterocycles. The van der Waals surface area contributed by atoms with Gasteiger partial charge < -0.3 is 5.32 Å². The topological polar surface area (TPSA) is 37.8 Å². The van der Waals surface area contributed by atoms with E-state index in [9.17, 15) is 0 Å². The Hall–Kier alpha value is -1.26. The van der Waals surface area contributed by atoms with Crippen LogP contribution in [0.3, 0.4) is 0 Å². The first-order chi connectivity index (χ1) is 8.87. The number of rotatable bonds is 3. The molecule has 0 spiro atoms. The standard InChI is InChI=1S/C15H21N3S/c1-10-6-7-12(8-11(10)2)14-13(19-18-17-14)9-16-15(3,4)5/h6-8,16H,9H2,1-5H3. The van der Waals surface area contributed by atoms with E-state index in [1.54, 1.807) is 0 Å². The Morgan fingerprint density at radius 3 is 2.53 bits per heavy atom. The molecule has 19 heavy (non-hydrogen) atoms. The van der Waals surface area contributed by atoms with Crippen LogP contribution in [0.4, 0.5) is 0 Å². The van der Waals surface area contributed by atoms with Gasteiger partial charge in [0.05, 0.1) is 4.88 Å². The molecule has 102 valence electrons. The minimum atomic E-state index is 0.102. The summed E-state index contributed by atoms with van der Waals surface area (Å²) in [5.74, 6) is 0. The van der Waals surface area contributed by atoms with Gasteiger partial charge in [0.1, 0.15) is 5.69 Å². The van der Waals surface area contributed by atoms with Gasteiger partial charge in [0.15, 0.2) is 0 Å². The minimum absolute atomic E-state index is 0.102. The van der Waals surface area contributed by atoms with Gasteiger partial charge in [0.25, 0.3) is 0 Å². The molecule has 0 bridgehead atoms. The van der Waals surface area contributed by atoms with Crippen LogP contribution >= 0.6 is 11.5 Å². The van der Waals surface area contributed by atoms with Gasteiger partial charge in [-0.15, -0.1) is 5.10 Å². The van der Waals surface area contributed by atoms with Crippen molar-refractivity contribution < 1.29 is 0 Å². The fourth-order valence-corrected chi connectivity index (χ4v) is 2.38. The second-order valence-corrected chi connectivity index (χ2v) is 6.79. The Morgan fingerprint density at radius 2 is 1.89 bits per heavy atom. The van der Waals surface area contributed by atoms with E-state index in [1.165, 1.54) is 27.5 Å². The van der Waals surface area contributed by atoms with Gasteiger partial charge in [-0.2, -0.15) is 0 Å². The maximum Gasteiger partial charge on any atom is 0.110 e. The number of hydrogen-bond donors (Lipinski definition) is 1. The van der Waals surface area contributed by atoms with Crippen LogP contribution in [0.5, 0.6) is 0 Å². The van der Waals surface area contributed by atoms with Crippen LogP contribution in [0.25, 0.3) is 11.3 Å². The predicted molar refractivity (Wildman–Crippen MR) is 81.4 cm³/mol. The van der Waals surface area contributed by atoms with Gasteiger partial charge in [0.2, 0.25) is 0 Å². The van der Waals surface area contributed by atoms with Crippen molar-refractivity contribution in [2.24, 2.45) is 0 Å². The first-order valence-corrected chi connectivity index (χ1v) is 7.28. The number of aromatic nitrogens is 2. The molecule has 0 saturated heterocycles. The van der Waals surface area contributed by atoms with Crippen molar-refractivity contribution in [1.29, 1.82) is 0 Å². The lowest BCUT2D eigenvalue weighted by Crippen LogP contribution is -2.34. The molecule has 4 heteroatoms. The van der Waals surface area contributed by atoms with Crippen LogP contribution in [0.2, 0.25) is 0 Å². The van der Waals surface area contributed by atoms with E-state index < -0.39 is 0 Å². The normalized spacial score (nSPS) is 11.8. The summed E-state index contributed by atoms with van der Waals surface area (Å²) < 4.78 is 4.10. The summed E-state index contributed by atoms with van der Waals surface area (Å²) in [7, 11) is 0. The summed E-state index contributed by atoms with van der Waals surface area (Å²) in [4.78, 5) is 1.19. The molecule has 1 aromatic heterocycles. The average molecular weight is 275 g/mol. The zero-order valence-electron chi connectivity index (χ0n) is 12.2. The van der Waals surface area contributed by atoms with E-state index in [1.807, 2.05) is 0 Å². The summed E-state index contributed by atoms with van der Waals surface area (Å²) >= 11 is 1.47. The van der Waals surface area contributed by atoms with Crippen LogP contribution in [-0.2, 0) is 6.54 Å². The largest absolute Gasteiger partial charge is 0.307 e. The Kier molecular flexibility index (Phi) is 4.02. The van der Waals surface area contributed by atoms with Crippen molar-refractivity contribution in [1.82, 2.24) is 14.9 Å². The first kappa shape index (κ1) is 14.2. The molecular weight excluding hydrogens is 254 g/mol. The third-order valence-corrected chi connectivity index (χ3v) is 3.84. The van der Waals surface area contributed by atoms with Crippen LogP contribution in [0.15, 0.2) is 18.2 Å². The molecule has 0 unspecified atom stereocenters. The lowest BCUT2D eigenvalue weighted by molar-refractivity contribution is 0.426. The maximum atomic E-state index is 4.29. The highest BCUT2D eigenvalue weighted by atomic mass is 32.1. The molecular formula is C15H21N3S. The van der Waals surface area contributed by atoms with Crippen molar-refractivity contribution in [3.63, 3.8) is 0 Å². The van der Waals surface area contributed by atoms with Crippen molar-refractivity contribution in [2.45, 2.75) is 46.7 Å². The molecule has 0 aliphatic rings. The average Bonchev–Trinajstić information content (AvgIpc) is 2.77. The van der Waals surface area contributed by atoms with Crippen LogP contribution in [-0.4, -0.2) is 15.1 Å². The van der Waals surface area contributed by atoms with Crippen molar-refractivity contribution in [2.75, 3.05) is 0 Å². The summed E-state index contributed by atoms with van der Waals surface area (Å²) in [6, 6.07) is 6.46. The highest BCUT2D eigenvalue weighted by Gasteiger charge is 2.14. The second-order valence-electron chi connectivity index (χ2n) is 5.95. The van der Waals surface area contributed by atoms with E-state index >= 15 is 0 Å². The Bertz CT molecular complexity index is 567. The number of hydrogen-bond acceptors (Lipinski definition) is 4. The molecule has 1 N–H and O–H groups in total. The highest BCUT2D eigenvalue weighted by Crippen LogP contribution is 2.26. The Balaban J connectivity index is 2.26. The monoisotopic (exact) mass is 275 g/mol. The van der Waals surface area contributed by atoms with E-state index in [-0.39, 0.29) is 5.54 Å². The third kappa shape index (κ3) is 3.61. The van der Waals surface area contributed by atoms with Gasteiger partial charge >= 0.3 is 0 Å². The number of aryl methyl sites for hydroxylation is 2. The smallest absolute Gasteiger partial charge is 0.110 e. The van der Waals surface area contributed by atoms with Crippen molar-refractivity contribution in [3.8, 4) is 11.3 Å². The van der Waals surface area contributed by atoms with E-state index in [2.05, 4.69) is 67.7 Å². The number of nitrogens with one attached hydrogen (secondary N) is 1. The molecule has 0 aliphatic carbocycles. The van der Waals surface area contributed by atoms with Crippen molar-refractivity contribution in [3.05, 3.63) is 34.2 Å². The van der Waals surface area contributed by atoms with E-state index in [0.717, 1.165) is 17.8 Å². The quantitative estimate of drug-likeness (QED) is 0.928. The fraction of sp³-hybridized carbons (Fsp3) is 0.467. The zero-order valence-corrected chi connectivity index (χ0v) is 13.1. The molecule has 0 fully saturated rings. The van der Waals surface area contributed by atoms with E-state index in [4.69, 9.17) is 0 Å². The fourth-order valence-electron chi connectivity index (χ4n) is 1.78.